The number of amides is 1. The van der Waals surface area contributed by atoms with Crippen molar-refractivity contribution < 1.29 is 22.7 Å². The van der Waals surface area contributed by atoms with Gasteiger partial charge in [-0.2, -0.15) is 0 Å². The second-order valence-corrected chi connectivity index (χ2v) is 6.07. The van der Waals surface area contributed by atoms with Crippen LogP contribution in [-0.2, 0) is 16.1 Å². The summed E-state index contributed by atoms with van der Waals surface area (Å²) in [5.74, 6) is -4.00. The molecule has 1 atom stereocenters. The maximum absolute atomic E-state index is 13.3. The first kappa shape index (κ1) is 15.3. The van der Waals surface area contributed by atoms with E-state index in [1.807, 2.05) is 0 Å². The quantitative estimate of drug-likeness (QED) is 0.785. The molecule has 22 heavy (non-hydrogen) atoms. The first-order valence-electron chi connectivity index (χ1n) is 7.54. The zero-order valence-corrected chi connectivity index (χ0v) is 12.2. The highest BCUT2D eigenvalue weighted by Crippen LogP contribution is 2.36. The summed E-state index contributed by atoms with van der Waals surface area (Å²) >= 11 is 0. The highest BCUT2D eigenvalue weighted by atomic mass is 19.2. The molecule has 1 unspecified atom stereocenters. The van der Waals surface area contributed by atoms with Crippen molar-refractivity contribution >= 4 is 5.91 Å². The number of rotatable bonds is 2. The molecule has 0 saturated carbocycles. The van der Waals surface area contributed by atoms with Crippen molar-refractivity contribution in [1.82, 2.24) is 4.90 Å². The number of nitrogens with zero attached hydrogens (tertiary/aromatic N) is 1. The summed E-state index contributed by atoms with van der Waals surface area (Å²) in [6, 6.07) is 1.89. The molecule has 3 nitrogen and oxygen atoms in total. The van der Waals surface area contributed by atoms with E-state index in [9.17, 15) is 18.0 Å². The van der Waals surface area contributed by atoms with Gasteiger partial charge in [-0.15, -0.1) is 0 Å². The molecule has 2 aliphatic heterocycles. The minimum absolute atomic E-state index is 0.0579. The van der Waals surface area contributed by atoms with Gasteiger partial charge in [0.05, 0.1) is 5.60 Å². The third-order valence-corrected chi connectivity index (χ3v) is 4.59. The lowest BCUT2D eigenvalue weighted by Gasteiger charge is -2.26. The molecule has 0 radical (unpaired) electrons. The Morgan fingerprint density at radius 1 is 1.14 bits per heavy atom. The highest BCUT2D eigenvalue weighted by molar-refractivity contribution is 5.76. The first-order valence-corrected chi connectivity index (χ1v) is 7.54. The molecule has 120 valence electrons. The minimum Gasteiger partial charge on any atom is -0.375 e. The van der Waals surface area contributed by atoms with Crippen LogP contribution in [0, 0.1) is 17.5 Å². The van der Waals surface area contributed by atoms with Crippen LogP contribution in [0.2, 0.25) is 0 Å². The third-order valence-electron chi connectivity index (χ3n) is 4.59. The van der Waals surface area contributed by atoms with Gasteiger partial charge in [0.1, 0.15) is 0 Å². The van der Waals surface area contributed by atoms with Crippen molar-refractivity contribution in [3.8, 4) is 0 Å². The van der Waals surface area contributed by atoms with E-state index in [1.54, 1.807) is 4.90 Å². The number of benzene rings is 1. The zero-order valence-electron chi connectivity index (χ0n) is 12.2. The summed E-state index contributed by atoms with van der Waals surface area (Å²) in [6.45, 7) is 1.30. The molecule has 6 heteroatoms. The van der Waals surface area contributed by atoms with Gasteiger partial charge in [-0.3, -0.25) is 4.79 Å². The van der Waals surface area contributed by atoms with Crippen LogP contribution in [0.5, 0.6) is 0 Å². The fourth-order valence-electron chi connectivity index (χ4n) is 3.32. The maximum Gasteiger partial charge on any atom is 0.222 e. The molecular formula is C16H18F3NO2. The average molecular weight is 313 g/mol. The molecule has 0 N–H and O–H groups in total. The predicted molar refractivity (Wildman–Crippen MR) is 73.5 cm³/mol. The van der Waals surface area contributed by atoms with Crippen LogP contribution >= 0.6 is 0 Å². The van der Waals surface area contributed by atoms with Gasteiger partial charge in [-0.25, -0.2) is 13.2 Å². The van der Waals surface area contributed by atoms with Crippen LogP contribution in [0.4, 0.5) is 13.2 Å². The van der Waals surface area contributed by atoms with E-state index in [-0.39, 0.29) is 23.6 Å². The van der Waals surface area contributed by atoms with Crippen LogP contribution in [-0.4, -0.2) is 29.6 Å². The first-order chi connectivity index (χ1) is 10.5. The normalized spacial score (nSPS) is 25.8. The predicted octanol–water partition coefficient (Wildman–Crippen LogP) is 3.17. The number of carbonyl (C=O) groups is 1. The summed E-state index contributed by atoms with van der Waals surface area (Å²) < 4.78 is 45.3. The number of ether oxygens (including phenoxy) is 1. The van der Waals surface area contributed by atoms with Crippen LogP contribution in [0.25, 0.3) is 0 Å². The van der Waals surface area contributed by atoms with E-state index in [1.165, 1.54) is 0 Å². The lowest BCUT2D eigenvalue weighted by molar-refractivity contribution is -0.131. The molecular weight excluding hydrogens is 295 g/mol. The van der Waals surface area contributed by atoms with E-state index >= 15 is 0 Å². The summed E-state index contributed by atoms with van der Waals surface area (Å²) in [5, 5.41) is 0. The molecule has 0 bridgehead atoms. The standard InChI is InChI=1S/C16H18F3NO2/c17-12-8-11(9-13(18)15(12)19)10-20-6-5-16(3-1-7-22-16)4-2-14(20)21/h8-9H,1-7,10H2. The van der Waals surface area contributed by atoms with Gasteiger partial charge in [0.2, 0.25) is 5.91 Å². The molecule has 0 aromatic heterocycles. The zero-order chi connectivity index (χ0) is 15.7. The van der Waals surface area contributed by atoms with Gasteiger partial charge in [0.25, 0.3) is 0 Å². The van der Waals surface area contributed by atoms with E-state index in [4.69, 9.17) is 4.74 Å². The highest BCUT2D eigenvalue weighted by Gasteiger charge is 2.38. The van der Waals surface area contributed by atoms with Crippen molar-refractivity contribution in [2.24, 2.45) is 0 Å². The Bertz CT molecular complexity index is 562. The number of likely N-dealkylation sites (tertiary alicyclic amines) is 1. The Kier molecular flexibility index (Phi) is 4.12. The molecule has 1 amide bonds. The SMILES string of the molecule is O=C1CCC2(CCCO2)CCN1Cc1cc(F)c(F)c(F)c1. The van der Waals surface area contributed by atoms with Gasteiger partial charge in [-0.1, -0.05) is 0 Å². The molecule has 2 fully saturated rings. The van der Waals surface area contributed by atoms with E-state index in [2.05, 4.69) is 0 Å². The largest absolute Gasteiger partial charge is 0.375 e. The maximum atomic E-state index is 13.3. The number of carbonyl (C=O) groups excluding carboxylic acids is 1. The second-order valence-electron chi connectivity index (χ2n) is 6.07. The topological polar surface area (TPSA) is 29.5 Å². The minimum atomic E-state index is -1.48. The van der Waals surface area contributed by atoms with Gasteiger partial charge >= 0.3 is 0 Å². The fraction of sp³-hybridized carbons (Fsp3) is 0.562. The Labute approximate surface area is 127 Å². The van der Waals surface area contributed by atoms with Gasteiger partial charge in [-0.05, 0) is 43.4 Å². The number of hydrogen-bond donors (Lipinski definition) is 0. The summed E-state index contributed by atoms with van der Waals surface area (Å²) in [6.07, 6.45) is 3.74. The lowest BCUT2D eigenvalue weighted by atomic mass is 9.92. The van der Waals surface area contributed by atoms with E-state index < -0.39 is 17.5 Å². The fourth-order valence-corrected chi connectivity index (χ4v) is 3.32. The third kappa shape index (κ3) is 2.97. The number of halogens is 3. The van der Waals surface area contributed by atoms with Crippen molar-refractivity contribution in [2.75, 3.05) is 13.2 Å². The van der Waals surface area contributed by atoms with Crippen molar-refractivity contribution in [2.45, 2.75) is 44.2 Å². The average Bonchev–Trinajstić information content (AvgIpc) is 2.89. The van der Waals surface area contributed by atoms with Crippen LogP contribution in [0.1, 0.15) is 37.7 Å². The van der Waals surface area contributed by atoms with E-state index in [0.29, 0.717) is 19.4 Å². The van der Waals surface area contributed by atoms with Crippen molar-refractivity contribution in [1.29, 1.82) is 0 Å². The summed E-state index contributed by atoms with van der Waals surface area (Å²) in [5.41, 5.74) is 0.0389. The van der Waals surface area contributed by atoms with Crippen LogP contribution < -0.4 is 0 Å². The molecule has 3 rings (SSSR count). The summed E-state index contributed by atoms with van der Waals surface area (Å²) in [4.78, 5) is 13.8. The summed E-state index contributed by atoms with van der Waals surface area (Å²) in [7, 11) is 0. The van der Waals surface area contributed by atoms with Gasteiger partial charge < -0.3 is 9.64 Å². The van der Waals surface area contributed by atoms with Gasteiger partial charge in [0.15, 0.2) is 17.5 Å². The molecule has 2 aliphatic rings. The number of hydrogen-bond acceptors (Lipinski definition) is 2. The van der Waals surface area contributed by atoms with Crippen LogP contribution in [0.3, 0.4) is 0 Å². The Balaban J connectivity index is 1.73. The lowest BCUT2D eigenvalue weighted by Crippen LogP contribution is -2.32. The Morgan fingerprint density at radius 3 is 2.50 bits per heavy atom. The molecule has 1 spiro atoms. The molecule has 0 aliphatic carbocycles. The Morgan fingerprint density at radius 2 is 1.86 bits per heavy atom. The van der Waals surface area contributed by atoms with Crippen molar-refractivity contribution in [3.63, 3.8) is 0 Å². The van der Waals surface area contributed by atoms with Gasteiger partial charge in [0, 0.05) is 26.1 Å². The molecule has 1 aromatic rings. The molecule has 1 aromatic carbocycles. The van der Waals surface area contributed by atoms with E-state index in [0.717, 1.165) is 38.0 Å². The monoisotopic (exact) mass is 313 g/mol. The second kappa shape index (κ2) is 5.91. The van der Waals surface area contributed by atoms with Crippen LogP contribution in [0.15, 0.2) is 12.1 Å². The smallest absolute Gasteiger partial charge is 0.222 e. The van der Waals surface area contributed by atoms with Crippen molar-refractivity contribution in [3.05, 3.63) is 35.1 Å². The molecule has 2 heterocycles. The Hall–Kier alpha value is -1.56. The molecule has 2 saturated heterocycles.